The van der Waals surface area contributed by atoms with Crippen LogP contribution >= 0.6 is 15.9 Å². The molecule has 88 valence electrons. The number of hydrogen-bond donors (Lipinski definition) is 0. The second-order valence-electron chi connectivity index (χ2n) is 2.96. The number of esters is 1. The Morgan fingerprint density at radius 3 is 2.50 bits per heavy atom. The lowest BCUT2D eigenvalue weighted by atomic mass is 10.0. The number of carbonyl (C=O) groups excluding carboxylic acids is 1. The average molecular weight is 297 g/mol. The Morgan fingerprint density at radius 2 is 2.06 bits per heavy atom. The Labute approximate surface area is 98.5 Å². The molecule has 2 nitrogen and oxygen atoms in total. The Balaban J connectivity index is 3.44. The van der Waals surface area contributed by atoms with Gasteiger partial charge in [0, 0.05) is 5.33 Å². The zero-order chi connectivity index (χ0) is 12.3. The lowest BCUT2D eigenvalue weighted by Gasteiger charge is -2.13. The summed E-state index contributed by atoms with van der Waals surface area (Å²) in [6, 6.07) is 3.56. The molecule has 0 spiro atoms. The number of halogens is 4. The third-order valence-electron chi connectivity index (χ3n) is 1.99. The predicted octanol–water partition coefficient (Wildman–Crippen LogP) is 3.39. The summed E-state index contributed by atoms with van der Waals surface area (Å²) >= 11 is 3.03. The molecule has 0 aliphatic rings. The largest absolute Gasteiger partial charge is 0.465 e. The van der Waals surface area contributed by atoms with Crippen molar-refractivity contribution in [3.63, 3.8) is 0 Å². The highest BCUT2D eigenvalue weighted by Gasteiger charge is 2.36. The number of alkyl halides is 4. The summed E-state index contributed by atoms with van der Waals surface area (Å²) in [5, 5.41) is 0.154. The second-order valence-corrected chi connectivity index (χ2v) is 3.52. The molecule has 0 aliphatic heterocycles. The van der Waals surface area contributed by atoms with E-state index >= 15 is 0 Å². The van der Waals surface area contributed by atoms with E-state index in [1.807, 2.05) is 0 Å². The molecule has 1 rings (SSSR count). The zero-order valence-electron chi connectivity index (χ0n) is 8.27. The van der Waals surface area contributed by atoms with Gasteiger partial charge in [-0.15, -0.1) is 0 Å². The maximum absolute atomic E-state index is 12.6. The van der Waals surface area contributed by atoms with Crippen molar-refractivity contribution in [2.75, 3.05) is 7.11 Å². The molecule has 6 heteroatoms. The van der Waals surface area contributed by atoms with E-state index in [1.165, 1.54) is 12.1 Å². The monoisotopic (exact) mass is 296 g/mol. The lowest BCUT2D eigenvalue weighted by Crippen LogP contribution is -2.16. The van der Waals surface area contributed by atoms with Gasteiger partial charge in [-0.25, -0.2) is 4.79 Å². The minimum Gasteiger partial charge on any atom is -0.465 e. The third-order valence-corrected chi connectivity index (χ3v) is 2.59. The molecule has 0 amide bonds. The lowest BCUT2D eigenvalue weighted by molar-refractivity contribution is -0.138. The molecule has 0 saturated carbocycles. The Morgan fingerprint density at radius 1 is 1.44 bits per heavy atom. The summed E-state index contributed by atoms with van der Waals surface area (Å²) in [6.45, 7) is 0. The first-order chi connectivity index (χ1) is 7.41. The average Bonchev–Trinajstić information content (AvgIpc) is 2.25. The highest BCUT2D eigenvalue weighted by Crippen LogP contribution is 2.34. The molecule has 0 fully saturated rings. The Hall–Kier alpha value is -1.04. The van der Waals surface area contributed by atoms with Gasteiger partial charge < -0.3 is 4.74 Å². The van der Waals surface area contributed by atoms with Crippen molar-refractivity contribution in [2.24, 2.45) is 0 Å². The van der Waals surface area contributed by atoms with Crippen LogP contribution < -0.4 is 0 Å². The topological polar surface area (TPSA) is 26.3 Å². The van der Waals surface area contributed by atoms with E-state index in [4.69, 9.17) is 0 Å². The van der Waals surface area contributed by atoms with Crippen LogP contribution in [0.1, 0.15) is 21.5 Å². The van der Waals surface area contributed by atoms with Gasteiger partial charge in [-0.1, -0.05) is 28.1 Å². The van der Waals surface area contributed by atoms with E-state index < -0.39 is 23.3 Å². The van der Waals surface area contributed by atoms with E-state index in [0.29, 0.717) is 0 Å². The van der Waals surface area contributed by atoms with Crippen LogP contribution in [0.25, 0.3) is 0 Å². The van der Waals surface area contributed by atoms with E-state index in [0.717, 1.165) is 13.2 Å². The minimum atomic E-state index is -4.57. The summed E-state index contributed by atoms with van der Waals surface area (Å²) < 4.78 is 42.3. The van der Waals surface area contributed by atoms with Crippen LogP contribution in [0.3, 0.4) is 0 Å². The summed E-state index contributed by atoms with van der Waals surface area (Å²) in [6.07, 6.45) is -4.57. The van der Waals surface area contributed by atoms with Crippen LogP contribution in [-0.4, -0.2) is 13.1 Å². The molecular weight excluding hydrogens is 289 g/mol. The predicted molar refractivity (Wildman–Crippen MR) is 55.4 cm³/mol. The first kappa shape index (κ1) is 13.0. The highest BCUT2D eigenvalue weighted by atomic mass is 79.9. The molecule has 0 saturated heterocycles. The molecule has 0 atom stereocenters. The van der Waals surface area contributed by atoms with Crippen molar-refractivity contribution in [1.82, 2.24) is 0 Å². The van der Waals surface area contributed by atoms with Crippen molar-refractivity contribution in [1.29, 1.82) is 0 Å². The molecule has 1 aromatic rings. The fourth-order valence-electron chi connectivity index (χ4n) is 1.29. The van der Waals surface area contributed by atoms with Crippen LogP contribution in [0.5, 0.6) is 0 Å². The van der Waals surface area contributed by atoms with Crippen molar-refractivity contribution >= 4 is 21.9 Å². The van der Waals surface area contributed by atoms with Crippen LogP contribution in [0.15, 0.2) is 18.2 Å². The number of benzene rings is 1. The molecule has 0 aromatic heterocycles. The quantitative estimate of drug-likeness (QED) is 0.618. The van der Waals surface area contributed by atoms with Gasteiger partial charge in [0.2, 0.25) is 0 Å². The minimum absolute atomic E-state index is 0.154. The van der Waals surface area contributed by atoms with Gasteiger partial charge in [-0.05, 0) is 11.6 Å². The van der Waals surface area contributed by atoms with Gasteiger partial charge in [-0.2, -0.15) is 13.2 Å². The molecular formula is C10H8BrF3O2. The second kappa shape index (κ2) is 4.86. The number of methoxy groups -OCH3 is 1. The molecule has 0 N–H and O–H groups in total. The van der Waals surface area contributed by atoms with E-state index in [9.17, 15) is 18.0 Å². The van der Waals surface area contributed by atoms with Crippen LogP contribution in [0.2, 0.25) is 0 Å². The van der Waals surface area contributed by atoms with E-state index in [-0.39, 0.29) is 10.9 Å². The van der Waals surface area contributed by atoms with Crippen molar-refractivity contribution < 1.29 is 22.7 Å². The van der Waals surface area contributed by atoms with Gasteiger partial charge >= 0.3 is 12.1 Å². The van der Waals surface area contributed by atoms with E-state index in [2.05, 4.69) is 20.7 Å². The number of rotatable bonds is 2. The van der Waals surface area contributed by atoms with Crippen molar-refractivity contribution in [3.05, 3.63) is 34.9 Å². The summed E-state index contributed by atoms with van der Waals surface area (Å²) in [4.78, 5) is 11.3. The highest BCUT2D eigenvalue weighted by molar-refractivity contribution is 9.08. The van der Waals surface area contributed by atoms with Crippen LogP contribution in [-0.2, 0) is 16.2 Å². The number of carbonyl (C=O) groups is 1. The standard InChI is InChI=1S/C10H8BrF3O2/c1-16-9(15)8-6(5-11)3-2-4-7(8)10(12,13)14/h2-4H,5H2,1H3. The van der Waals surface area contributed by atoms with Crippen LogP contribution in [0, 0.1) is 0 Å². The summed E-state index contributed by atoms with van der Waals surface area (Å²) in [5.41, 5.74) is -1.16. The van der Waals surface area contributed by atoms with Gasteiger partial charge in [0.25, 0.3) is 0 Å². The molecule has 0 aliphatic carbocycles. The molecule has 1 aromatic carbocycles. The van der Waals surface area contributed by atoms with E-state index in [1.54, 1.807) is 0 Å². The Kier molecular flexibility index (Phi) is 3.96. The fourth-order valence-corrected chi connectivity index (χ4v) is 1.76. The third kappa shape index (κ3) is 2.55. The number of ether oxygens (including phenoxy) is 1. The number of hydrogen-bond acceptors (Lipinski definition) is 2. The molecule has 0 unspecified atom stereocenters. The molecule has 0 radical (unpaired) electrons. The molecule has 0 heterocycles. The Bertz CT molecular complexity index is 402. The zero-order valence-corrected chi connectivity index (χ0v) is 9.85. The first-order valence-electron chi connectivity index (χ1n) is 4.25. The van der Waals surface area contributed by atoms with Crippen LogP contribution in [0.4, 0.5) is 13.2 Å². The van der Waals surface area contributed by atoms with Crippen molar-refractivity contribution in [2.45, 2.75) is 11.5 Å². The summed E-state index contributed by atoms with van der Waals surface area (Å²) in [5.74, 6) is -0.984. The normalized spacial score (nSPS) is 11.3. The van der Waals surface area contributed by atoms with Gasteiger partial charge in [-0.3, -0.25) is 0 Å². The van der Waals surface area contributed by atoms with Gasteiger partial charge in [0.05, 0.1) is 18.2 Å². The molecule has 16 heavy (non-hydrogen) atoms. The fraction of sp³-hybridized carbons (Fsp3) is 0.300. The maximum Gasteiger partial charge on any atom is 0.417 e. The smallest absolute Gasteiger partial charge is 0.417 e. The summed E-state index contributed by atoms with van der Waals surface area (Å²) in [7, 11) is 1.05. The van der Waals surface area contributed by atoms with Gasteiger partial charge in [0.1, 0.15) is 0 Å². The molecule has 0 bridgehead atoms. The maximum atomic E-state index is 12.6. The van der Waals surface area contributed by atoms with Gasteiger partial charge in [0.15, 0.2) is 0 Å². The van der Waals surface area contributed by atoms with Crippen molar-refractivity contribution in [3.8, 4) is 0 Å². The first-order valence-corrected chi connectivity index (χ1v) is 5.37. The SMILES string of the molecule is COC(=O)c1c(CBr)cccc1C(F)(F)F.